The Hall–Kier alpha value is -2.44. The van der Waals surface area contributed by atoms with Crippen LogP contribution >= 0.6 is 0 Å². The van der Waals surface area contributed by atoms with Gasteiger partial charge in [0.2, 0.25) is 5.91 Å². The lowest BCUT2D eigenvalue weighted by Crippen LogP contribution is -2.50. The number of esters is 1. The molecule has 2 aliphatic rings. The Kier molecular flexibility index (Phi) is 2.16. The molecular formula is C12H10N2O5. The summed E-state index contributed by atoms with van der Waals surface area (Å²) in [6.45, 7) is 1.67. The van der Waals surface area contributed by atoms with E-state index in [9.17, 15) is 19.7 Å². The summed E-state index contributed by atoms with van der Waals surface area (Å²) in [5, 5.41) is 10.7. The number of carbonyl (C=O) groups is 2. The van der Waals surface area contributed by atoms with Crippen molar-refractivity contribution < 1.29 is 19.2 Å². The zero-order chi connectivity index (χ0) is 13.8. The minimum atomic E-state index is -0.975. The maximum absolute atomic E-state index is 11.9. The molecule has 0 N–H and O–H groups in total. The SMILES string of the molecule is CC12CCC(=O)N1c1ccc([N+](=O)[O-])cc1C(=O)O2. The maximum atomic E-state index is 11.9. The third kappa shape index (κ3) is 1.51. The van der Waals surface area contributed by atoms with Crippen LogP contribution < -0.4 is 4.90 Å². The van der Waals surface area contributed by atoms with Gasteiger partial charge in [0.15, 0.2) is 5.72 Å². The molecule has 1 atom stereocenters. The van der Waals surface area contributed by atoms with Gasteiger partial charge in [-0.05, 0) is 13.0 Å². The van der Waals surface area contributed by atoms with Gasteiger partial charge in [0.05, 0.1) is 16.2 Å². The molecule has 0 bridgehead atoms. The number of nitro groups is 1. The van der Waals surface area contributed by atoms with Gasteiger partial charge in [-0.1, -0.05) is 0 Å². The molecule has 7 nitrogen and oxygen atoms in total. The van der Waals surface area contributed by atoms with Gasteiger partial charge < -0.3 is 4.74 Å². The normalized spacial score (nSPS) is 24.8. The van der Waals surface area contributed by atoms with Gasteiger partial charge in [0, 0.05) is 25.0 Å². The Labute approximate surface area is 107 Å². The van der Waals surface area contributed by atoms with Crippen LogP contribution in [0.2, 0.25) is 0 Å². The van der Waals surface area contributed by atoms with Gasteiger partial charge in [-0.25, -0.2) is 4.79 Å². The number of rotatable bonds is 1. The molecule has 3 rings (SSSR count). The van der Waals surface area contributed by atoms with Crippen molar-refractivity contribution in [3.8, 4) is 0 Å². The first-order valence-corrected chi connectivity index (χ1v) is 5.77. The molecule has 1 aromatic carbocycles. The fourth-order valence-corrected chi connectivity index (χ4v) is 2.56. The second-order valence-corrected chi connectivity index (χ2v) is 4.75. The van der Waals surface area contributed by atoms with Crippen LogP contribution in [0.4, 0.5) is 11.4 Å². The molecule has 0 radical (unpaired) electrons. The van der Waals surface area contributed by atoms with Crippen LogP contribution in [0, 0.1) is 10.1 Å². The Balaban J connectivity index is 2.19. The van der Waals surface area contributed by atoms with Crippen LogP contribution in [-0.4, -0.2) is 22.5 Å². The third-order valence-electron chi connectivity index (χ3n) is 3.49. The standard InChI is InChI=1S/C12H10N2O5/c1-12-5-4-10(15)13(12)9-3-2-7(14(17)18)6-8(9)11(16)19-12/h2-3,6H,4-5H2,1H3. The van der Waals surface area contributed by atoms with Crippen LogP contribution in [0.1, 0.15) is 30.1 Å². The van der Waals surface area contributed by atoms with Crippen LogP contribution in [0.3, 0.4) is 0 Å². The lowest BCUT2D eigenvalue weighted by Gasteiger charge is -2.39. The highest BCUT2D eigenvalue weighted by molar-refractivity contribution is 6.07. The largest absolute Gasteiger partial charge is 0.435 e. The van der Waals surface area contributed by atoms with Crippen molar-refractivity contribution in [2.75, 3.05) is 4.90 Å². The molecule has 1 amide bonds. The van der Waals surface area contributed by atoms with Gasteiger partial charge >= 0.3 is 5.97 Å². The average molecular weight is 262 g/mol. The predicted molar refractivity (Wildman–Crippen MR) is 63.6 cm³/mol. The van der Waals surface area contributed by atoms with Crippen molar-refractivity contribution >= 4 is 23.3 Å². The molecule has 98 valence electrons. The lowest BCUT2D eigenvalue weighted by molar-refractivity contribution is -0.384. The molecule has 1 saturated heterocycles. The van der Waals surface area contributed by atoms with Crippen LogP contribution in [0.5, 0.6) is 0 Å². The van der Waals surface area contributed by atoms with E-state index in [0.717, 1.165) is 6.07 Å². The van der Waals surface area contributed by atoms with Crippen molar-refractivity contribution in [2.24, 2.45) is 0 Å². The van der Waals surface area contributed by atoms with E-state index in [0.29, 0.717) is 18.5 Å². The van der Waals surface area contributed by atoms with E-state index in [1.807, 2.05) is 0 Å². The molecule has 1 unspecified atom stereocenters. The minimum Gasteiger partial charge on any atom is -0.435 e. The molecule has 0 saturated carbocycles. The number of hydrogen-bond donors (Lipinski definition) is 0. The first-order valence-electron chi connectivity index (χ1n) is 5.77. The molecule has 0 aromatic heterocycles. The summed E-state index contributed by atoms with van der Waals surface area (Å²) in [5.41, 5.74) is -0.739. The fraction of sp³-hybridized carbons (Fsp3) is 0.333. The van der Waals surface area contributed by atoms with Gasteiger partial charge in [0.25, 0.3) is 5.69 Å². The van der Waals surface area contributed by atoms with E-state index in [-0.39, 0.29) is 17.2 Å². The van der Waals surface area contributed by atoms with Gasteiger partial charge in [-0.15, -0.1) is 0 Å². The number of benzene rings is 1. The van der Waals surface area contributed by atoms with E-state index in [4.69, 9.17) is 4.74 Å². The molecule has 0 spiro atoms. The average Bonchev–Trinajstić information content (AvgIpc) is 2.65. The van der Waals surface area contributed by atoms with Crippen molar-refractivity contribution in [1.82, 2.24) is 0 Å². The summed E-state index contributed by atoms with van der Waals surface area (Å²) in [5.74, 6) is -0.780. The number of nitro benzene ring substituents is 1. The molecule has 2 aliphatic heterocycles. The molecule has 2 heterocycles. The second kappa shape index (κ2) is 3.53. The van der Waals surface area contributed by atoms with Gasteiger partial charge in [-0.3, -0.25) is 19.8 Å². The first-order chi connectivity index (χ1) is 8.92. The van der Waals surface area contributed by atoms with E-state index in [2.05, 4.69) is 0 Å². The summed E-state index contributed by atoms with van der Waals surface area (Å²) in [4.78, 5) is 35.4. The molecule has 7 heteroatoms. The summed E-state index contributed by atoms with van der Waals surface area (Å²) >= 11 is 0. The summed E-state index contributed by atoms with van der Waals surface area (Å²) in [7, 11) is 0. The Morgan fingerprint density at radius 2 is 2.16 bits per heavy atom. The quantitative estimate of drug-likeness (QED) is 0.435. The zero-order valence-electron chi connectivity index (χ0n) is 10.1. The highest BCUT2D eigenvalue weighted by atomic mass is 16.6. The fourth-order valence-electron chi connectivity index (χ4n) is 2.56. The zero-order valence-corrected chi connectivity index (χ0v) is 10.1. The summed E-state index contributed by atoms with van der Waals surface area (Å²) in [6, 6.07) is 3.85. The topological polar surface area (TPSA) is 89.8 Å². The number of anilines is 1. The van der Waals surface area contributed by atoms with E-state index in [1.165, 1.54) is 17.0 Å². The Morgan fingerprint density at radius 3 is 2.84 bits per heavy atom. The Morgan fingerprint density at radius 1 is 1.42 bits per heavy atom. The minimum absolute atomic E-state index is 0.0573. The molecule has 1 aromatic rings. The molecule has 0 aliphatic carbocycles. The van der Waals surface area contributed by atoms with Crippen LogP contribution in [0.15, 0.2) is 18.2 Å². The number of non-ortho nitro benzene ring substituents is 1. The molecular weight excluding hydrogens is 252 g/mol. The second-order valence-electron chi connectivity index (χ2n) is 4.75. The number of amides is 1. The lowest BCUT2D eigenvalue weighted by atomic mass is 10.1. The highest BCUT2D eigenvalue weighted by Crippen LogP contribution is 2.43. The van der Waals surface area contributed by atoms with Crippen LogP contribution in [0.25, 0.3) is 0 Å². The van der Waals surface area contributed by atoms with E-state index in [1.54, 1.807) is 6.92 Å². The van der Waals surface area contributed by atoms with Crippen molar-refractivity contribution in [2.45, 2.75) is 25.5 Å². The van der Waals surface area contributed by atoms with E-state index >= 15 is 0 Å². The van der Waals surface area contributed by atoms with Crippen LogP contribution in [-0.2, 0) is 9.53 Å². The summed E-state index contributed by atoms with van der Waals surface area (Å²) in [6.07, 6.45) is 0.716. The molecule has 1 fully saturated rings. The molecule has 19 heavy (non-hydrogen) atoms. The predicted octanol–water partition coefficient (Wildman–Crippen LogP) is 1.61. The van der Waals surface area contributed by atoms with E-state index < -0.39 is 16.6 Å². The van der Waals surface area contributed by atoms with Gasteiger partial charge in [0.1, 0.15) is 0 Å². The number of nitrogens with zero attached hydrogens (tertiary/aromatic N) is 2. The maximum Gasteiger partial charge on any atom is 0.342 e. The monoisotopic (exact) mass is 262 g/mol. The highest BCUT2D eigenvalue weighted by Gasteiger charge is 2.50. The number of hydrogen-bond acceptors (Lipinski definition) is 5. The first kappa shape index (κ1) is 11.6. The van der Waals surface area contributed by atoms with Gasteiger partial charge in [-0.2, -0.15) is 0 Å². The number of fused-ring (bicyclic) bond motifs is 3. The summed E-state index contributed by atoms with van der Waals surface area (Å²) < 4.78 is 5.27. The number of carbonyl (C=O) groups excluding carboxylic acids is 2. The smallest absolute Gasteiger partial charge is 0.342 e. The third-order valence-corrected chi connectivity index (χ3v) is 3.49. The van der Waals surface area contributed by atoms with Crippen molar-refractivity contribution in [3.05, 3.63) is 33.9 Å². The van der Waals surface area contributed by atoms with Crippen molar-refractivity contribution in [3.63, 3.8) is 0 Å². The number of ether oxygens (including phenoxy) is 1. The Bertz CT molecular complexity index is 627. The van der Waals surface area contributed by atoms with Crippen molar-refractivity contribution in [1.29, 1.82) is 0 Å².